The summed E-state index contributed by atoms with van der Waals surface area (Å²) in [6.07, 6.45) is 50.1. The Bertz CT molecular complexity index is 2910. The van der Waals surface area contributed by atoms with Crippen molar-refractivity contribution in [2.75, 3.05) is 0 Å². The second kappa shape index (κ2) is 16.8. The van der Waals surface area contributed by atoms with Crippen LogP contribution in [0, 0.1) is 35.0 Å². The molecule has 4 aromatic rings. The fraction of sp³-hybridized carbons (Fsp3) is 0.344. The van der Waals surface area contributed by atoms with Gasteiger partial charge in [0.15, 0.2) is 0 Å². The first kappa shape index (κ1) is 41.6. The smallest absolute Gasteiger partial charge is 0.0537 e. The second-order valence-corrected chi connectivity index (χ2v) is 21.1. The molecule has 8 unspecified atom stereocenters. The molecule has 0 bridgehead atoms. The maximum Gasteiger partial charge on any atom is 0.0537 e. The Morgan fingerprint density at radius 3 is 2.33 bits per heavy atom. The number of hydrogen-bond donors (Lipinski definition) is 0. The Kier molecular flexibility index (Phi) is 10.6. The Labute approximate surface area is 394 Å². The Balaban J connectivity index is 0.945. The van der Waals surface area contributed by atoms with Gasteiger partial charge in [0.2, 0.25) is 0 Å². The van der Waals surface area contributed by atoms with Gasteiger partial charge in [-0.15, -0.1) is 0 Å². The number of hydrogen-bond acceptors (Lipinski definition) is 1. The molecule has 2 heteroatoms. The van der Waals surface area contributed by atoms with Gasteiger partial charge in [0, 0.05) is 62.3 Å². The topological polar surface area (TPSA) is 8.17 Å². The molecule has 8 atom stereocenters. The van der Waals surface area contributed by atoms with Crippen molar-refractivity contribution in [3.05, 3.63) is 226 Å². The van der Waals surface area contributed by atoms with E-state index in [0.717, 1.165) is 38.5 Å². The summed E-state index contributed by atoms with van der Waals surface area (Å²) >= 11 is 0. The summed E-state index contributed by atoms with van der Waals surface area (Å²) in [5.74, 6) is 2.06. The molecule has 0 aliphatic heterocycles. The summed E-state index contributed by atoms with van der Waals surface area (Å²) in [6.45, 7) is 7.63. The van der Waals surface area contributed by atoms with E-state index >= 15 is 0 Å². The zero-order valence-electron chi connectivity index (χ0n) is 39.4. The summed E-state index contributed by atoms with van der Waals surface area (Å²) in [5, 5.41) is 1.36. The Morgan fingerprint density at radius 1 is 0.758 bits per heavy atom. The SMILES string of the molecule is CC1Cc2c(c3ccccc3n2-c2ccccc2)C=C1C1(C)C=CC(N(C2=CCC(C3=CC=CCC3)C=C2)C2=CC=C3C4=C(CCCC4)C(c4ccccc4)(C4C=CC=CC4)C3C2C)CC1. The van der Waals surface area contributed by atoms with Crippen molar-refractivity contribution < 1.29 is 0 Å². The van der Waals surface area contributed by atoms with E-state index in [9.17, 15) is 0 Å². The van der Waals surface area contributed by atoms with Crippen LogP contribution < -0.4 is 0 Å². The lowest BCUT2D eigenvalue weighted by molar-refractivity contribution is 0.197. The van der Waals surface area contributed by atoms with Crippen LogP contribution in [0.5, 0.6) is 0 Å². The minimum atomic E-state index is -0.0649. The predicted molar refractivity (Wildman–Crippen MR) is 277 cm³/mol. The number of para-hydroxylation sites is 2. The van der Waals surface area contributed by atoms with E-state index in [-0.39, 0.29) is 16.9 Å². The average molecular weight is 863 g/mol. The van der Waals surface area contributed by atoms with Gasteiger partial charge in [-0.05, 0) is 130 Å². The number of allylic oxidation sites excluding steroid dienone is 19. The standard InChI is InChI=1S/C64H66N2/c1-44-42-61-56(54-29-17-19-31-60(54)66(61)50-26-14-7-15-27-50)43-58(44)63(3)40-38-52(39-41-63)65(51-34-32-47(33-35-51)46-20-8-4-9-21-46)59-37-36-55-53-28-16-18-30-57(53)64(62(55)45(59)2,48-22-10-5-11-23-48)49-24-12-6-13-25-49/h4-8,10-15,17,19-20,22-24,26-27,29,31-32,34-38,40,43-45,47,49,52,62H,9,16,18,21,25,28,30,33,39,41-42H2,1-3H3. The first-order chi connectivity index (χ1) is 32.4. The van der Waals surface area contributed by atoms with Crippen molar-refractivity contribution in [2.45, 2.75) is 103 Å². The summed E-state index contributed by atoms with van der Waals surface area (Å²) in [6, 6.07) is 32.1. The van der Waals surface area contributed by atoms with E-state index in [1.165, 1.54) is 76.9 Å². The van der Waals surface area contributed by atoms with Gasteiger partial charge in [-0.1, -0.05) is 183 Å². The lowest BCUT2D eigenvalue weighted by Gasteiger charge is -2.51. The highest BCUT2D eigenvalue weighted by Gasteiger charge is 2.58. The van der Waals surface area contributed by atoms with Crippen LogP contribution in [0.3, 0.4) is 0 Å². The number of benzene rings is 3. The van der Waals surface area contributed by atoms with E-state index in [1.54, 1.807) is 27.9 Å². The third-order valence-corrected chi connectivity index (χ3v) is 17.5. The Morgan fingerprint density at radius 2 is 1.58 bits per heavy atom. The fourth-order valence-electron chi connectivity index (χ4n) is 14.5. The highest BCUT2D eigenvalue weighted by molar-refractivity contribution is 5.94. The van der Waals surface area contributed by atoms with Crippen molar-refractivity contribution in [3.8, 4) is 5.69 Å². The van der Waals surface area contributed by atoms with E-state index in [2.05, 4.69) is 206 Å². The maximum atomic E-state index is 2.84. The largest absolute Gasteiger partial charge is 0.338 e. The summed E-state index contributed by atoms with van der Waals surface area (Å²) in [4.78, 5) is 2.84. The number of nitrogens with zero attached hydrogens (tertiary/aromatic N) is 2. The monoisotopic (exact) mass is 863 g/mol. The highest BCUT2D eigenvalue weighted by atomic mass is 15.2. The third-order valence-electron chi connectivity index (χ3n) is 17.5. The molecule has 0 radical (unpaired) electrons. The molecule has 0 N–H and O–H groups in total. The van der Waals surface area contributed by atoms with Gasteiger partial charge < -0.3 is 9.47 Å². The number of fused-ring (bicyclic) bond motifs is 5. The molecular weight excluding hydrogens is 797 g/mol. The number of aromatic nitrogens is 1. The van der Waals surface area contributed by atoms with E-state index in [0.29, 0.717) is 29.6 Å². The molecule has 0 fully saturated rings. The van der Waals surface area contributed by atoms with E-state index in [4.69, 9.17) is 0 Å². The molecule has 66 heavy (non-hydrogen) atoms. The molecule has 332 valence electrons. The van der Waals surface area contributed by atoms with Gasteiger partial charge in [-0.25, -0.2) is 0 Å². The maximum absolute atomic E-state index is 2.84. The first-order valence-electron chi connectivity index (χ1n) is 25.6. The number of rotatable bonds is 8. The van der Waals surface area contributed by atoms with Gasteiger partial charge in [-0.3, -0.25) is 0 Å². The highest BCUT2D eigenvalue weighted by Crippen LogP contribution is 2.65. The van der Waals surface area contributed by atoms with Gasteiger partial charge in [-0.2, -0.15) is 0 Å². The van der Waals surface area contributed by atoms with Gasteiger partial charge >= 0.3 is 0 Å². The van der Waals surface area contributed by atoms with Crippen molar-refractivity contribution in [1.82, 2.24) is 9.47 Å². The van der Waals surface area contributed by atoms with Crippen LogP contribution in [-0.4, -0.2) is 15.5 Å². The van der Waals surface area contributed by atoms with Gasteiger partial charge in [0.25, 0.3) is 0 Å². The van der Waals surface area contributed by atoms with Crippen LogP contribution in [0.25, 0.3) is 22.7 Å². The predicted octanol–water partition coefficient (Wildman–Crippen LogP) is 16.0. The second-order valence-electron chi connectivity index (χ2n) is 21.1. The Hall–Kier alpha value is -5.86. The average Bonchev–Trinajstić information content (AvgIpc) is 3.87. The van der Waals surface area contributed by atoms with Gasteiger partial charge in [0.05, 0.1) is 11.6 Å². The summed E-state index contributed by atoms with van der Waals surface area (Å²) in [7, 11) is 0. The van der Waals surface area contributed by atoms with Crippen LogP contribution in [0.4, 0.5) is 0 Å². The quantitative estimate of drug-likeness (QED) is 0.160. The van der Waals surface area contributed by atoms with Crippen LogP contribution in [0.2, 0.25) is 0 Å². The van der Waals surface area contributed by atoms with Crippen LogP contribution >= 0.6 is 0 Å². The molecule has 0 amide bonds. The third kappa shape index (κ3) is 6.64. The van der Waals surface area contributed by atoms with Crippen molar-refractivity contribution in [2.24, 2.45) is 35.0 Å². The molecule has 2 nitrogen and oxygen atoms in total. The molecular formula is C64H66N2. The van der Waals surface area contributed by atoms with E-state index < -0.39 is 0 Å². The molecule has 1 heterocycles. The normalized spacial score (nSPS) is 31.1. The van der Waals surface area contributed by atoms with E-state index in [1.807, 2.05) is 0 Å². The zero-order chi connectivity index (χ0) is 44.4. The molecule has 3 aromatic carbocycles. The lowest BCUT2D eigenvalue weighted by Crippen LogP contribution is -2.47. The van der Waals surface area contributed by atoms with Crippen LogP contribution in [-0.2, 0) is 11.8 Å². The molecule has 0 saturated heterocycles. The summed E-state index contributed by atoms with van der Waals surface area (Å²) < 4.78 is 2.53. The first-order valence-corrected chi connectivity index (χ1v) is 25.6. The van der Waals surface area contributed by atoms with Crippen molar-refractivity contribution >= 4 is 17.0 Å². The van der Waals surface area contributed by atoms with Crippen molar-refractivity contribution in [1.29, 1.82) is 0 Å². The van der Waals surface area contributed by atoms with Crippen LogP contribution in [0.15, 0.2) is 209 Å². The molecule has 0 saturated carbocycles. The molecule has 0 spiro atoms. The van der Waals surface area contributed by atoms with Crippen molar-refractivity contribution in [3.63, 3.8) is 0 Å². The van der Waals surface area contributed by atoms with Gasteiger partial charge in [0.1, 0.15) is 0 Å². The lowest BCUT2D eigenvalue weighted by atomic mass is 9.54. The zero-order valence-corrected chi connectivity index (χ0v) is 39.4. The minimum Gasteiger partial charge on any atom is -0.338 e. The molecule has 12 rings (SSSR count). The minimum absolute atomic E-state index is 0.0184. The fourth-order valence-corrected chi connectivity index (χ4v) is 14.5. The molecule has 1 aromatic heterocycles. The molecule has 8 aliphatic rings. The van der Waals surface area contributed by atoms with Crippen LogP contribution in [0.1, 0.15) is 102 Å². The molecule has 8 aliphatic carbocycles. The summed E-state index contributed by atoms with van der Waals surface area (Å²) in [5.41, 5.74) is 18.0.